The molecule has 0 aromatic heterocycles. The summed E-state index contributed by atoms with van der Waals surface area (Å²) in [5, 5.41) is 6.36. The molecular weight excluding hydrogens is 98.9 g/mol. The third-order valence-corrected chi connectivity index (χ3v) is 0. The number of alkyl halides is 2. The average molecular weight is 101 g/mol. The van der Waals surface area contributed by atoms with Gasteiger partial charge in [0.15, 0.2) is 0 Å². The third-order valence-electron chi connectivity index (χ3n) is 0. The second kappa shape index (κ2) is 1.82. The molecule has 0 bridgehead atoms. The first-order valence-electron chi connectivity index (χ1n) is 0.695. The molecule has 0 aliphatic heterocycles. The van der Waals surface area contributed by atoms with Crippen LogP contribution in [0.5, 0.6) is 0 Å². The Morgan fingerprint density at radius 1 is 1.50 bits per heavy atom. The Labute approximate surface area is 34.1 Å². The first kappa shape index (κ1) is 4.54. The van der Waals surface area contributed by atoms with E-state index in [9.17, 15) is 0 Å². The van der Waals surface area contributed by atoms with Crippen LogP contribution in [0.3, 0.4) is 0 Å². The summed E-state index contributed by atoms with van der Waals surface area (Å²) in [5.41, 5.74) is 0. The molecule has 1 N–H and O–H groups in total. The fourth-order valence-electron chi connectivity index (χ4n) is 0. The van der Waals surface area contributed by atoms with E-state index in [0.717, 1.165) is 0 Å². The molecule has 0 aliphatic rings. The standard InChI is InChI=1S/CH2Cl2O/c2-1(3)4/h1,4H. The van der Waals surface area contributed by atoms with Gasteiger partial charge in [0.1, 0.15) is 0 Å². The second-order valence-electron chi connectivity index (χ2n) is 0.278. The zero-order chi connectivity index (χ0) is 3.58. The molecule has 0 saturated heterocycles. The minimum absolute atomic E-state index is 1.22. The van der Waals surface area contributed by atoms with Crippen molar-refractivity contribution in [1.29, 1.82) is 0 Å². The predicted octanol–water partition coefficient (Wildman–Crippen LogP) is 0.740. The molecule has 0 radical (unpaired) electrons. The van der Waals surface area contributed by atoms with Gasteiger partial charge in [0.2, 0.25) is 5.02 Å². The van der Waals surface area contributed by atoms with Gasteiger partial charge < -0.3 is 5.11 Å². The fourth-order valence-corrected chi connectivity index (χ4v) is 0. The van der Waals surface area contributed by atoms with Crippen LogP contribution in [-0.4, -0.2) is 10.1 Å². The summed E-state index contributed by atoms with van der Waals surface area (Å²) >= 11 is 9.19. The highest BCUT2D eigenvalue weighted by Crippen LogP contribution is 1.90. The summed E-state index contributed by atoms with van der Waals surface area (Å²) in [5.74, 6) is 0. The van der Waals surface area contributed by atoms with Crippen LogP contribution in [0.15, 0.2) is 0 Å². The third kappa shape index (κ3) is 20.7. The van der Waals surface area contributed by atoms with Crippen molar-refractivity contribution >= 4 is 23.2 Å². The van der Waals surface area contributed by atoms with E-state index in [1.807, 2.05) is 0 Å². The lowest BCUT2D eigenvalue weighted by Gasteiger charge is -1.73. The van der Waals surface area contributed by atoms with E-state index in [1.54, 1.807) is 0 Å². The van der Waals surface area contributed by atoms with Crippen LogP contribution in [0.2, 0.25) is 0 Å². The number of halogens is 2. The van der Waals surface area contributed by atoms with Gasteiger partial charge >= 0.3 is 0 Å². The van der Waals surface area contributed by atoms with Gasteiger partial charge in [0, 0.05) is 0 Å². The number of aliphatic hydroxyl groups excluding tert-OH is 1. The van der Waals surface area contributed by atoms with E-state index in [0.29, 0.717) is 0 Å². The predicted molar refractivity (Wildman–Crippen MR) is 17.7 cm³/mol. The van der Waals surface area contributed by atoms with Crippen LogP contribution in [0, 0.1) is 0 Å². The van der Waals surface area contributed by atoms with Gasteiger partial charge in [-0.2, -0.15) is 0 Å². The van der Waals surface area contributed by atoms with Crippen molar-refractivity contribution < 1.29 is 5.11 Å². The topological polar surface area (TPSA) is 20.2 Å². The minimum atomic E-state index is -1.22. The summed E-state index contributed by atoms with van der Waals surface area (Å²) in [4.78, 5) is 0. The van der Waals surface area contributed by atoms with Crippen molar-refractivity contribution in [2.24, 2.45) is 0 Å². The summed E-state index contributed by atoms with van der Waals surface area (Å²) in [7, 11) is 0. The quantitative estimate of drug-likeness (QED) is 0.446. The van der Waals surface area contributed by atoms with E-state index < -0.39 is 5.02 Å². The van der Waals surface area contributed by atoms with Gasteiger partial charge in [0.25, 0.3) is 0 Å². The molecule has 26 valence electrons. The van der Waals surface area contributed by atoms with Crippen LogP contribution in [-0.2, 0) is 0 Å². The Bertz CT molecular complexity index is 10.8. The van der Waals surface area contributed by atoms with Crippen molar-refractivity contribution in [2.75, 3.05) is 0 Å². The summed E-state index contributed by atoms with van der Waals surface area (Å²) in [6.07, 6.45) is 0. The van der Waals surface area contributed by atoms with E-state index in [2.05, 4.69) is 23.2 Å². The first-order valence-corrected chi connectivity index (χ1v) is 1.57. The Kier molecular flexibility index (Phi) is 2.07. The Morgan fingerprint density at radius 3 is 1.50 bits per heavy atom. The maximum Gasteiger partial charge on any atom is 0.204 e. The highest BCUT2D eigenvalue weighted by atomic mass is 35.5. The Balaban J connectivity index is 2.32. The summed E-state index contributed by atoms with van der Waals surface area (Å²) in [6, 6.07) is 0. The average Bonchev–Trinajstić information content (AvgIpc) is 0.811. The van der Waals surface area contributed by atoms with Gasteiger partial charge in [-0.25, -0.2) is 0 Å². The lowest BCUT2D eigenvalue weighted by atomic mass is 11.7. The molecule has 0 aromatic rings. The molecule has 1 nitrogen and oxygen atoms in total. The highest BCUT2D eigenvalue weighted by molar-refractivity contribution is 6.42. The van der Waals surface area contributed by atoms with Gasteiger partial charge in [-0.3, -0.25) is 0 Å². The molecule has 0 saturated carbocycles. The molecule has 0 rings (SSSR count). The zero-order valence-electron chi connectivity index (χ0n) is 1.78. The molecule has 0 unspecified atom stereocenters. The Hall–Kier alpha value is 0.540. The van der Waals surface area contributed by atoms with Gasteiger partial charge in [0.05, 0.1) is 0 Å². The normalized spacial score (nSPS) is 9.00. The van der Waals surface area contributed by atoms with E-state index in [1.165, 1.54) is 0 Å². The largest absolute Gasteiger partial charge is 0.365 e. The molecular formula is CH2Cl2O. The van der Waals surface area contributed by atoms with Gasteiger partial charge in [-0.05, 0) is 0 Å². The monoisotopic (exact) mass is 99.9 g/mol. The van der Waals surface area contributed by atoms with E-state index in [4.69, 9.17) is 5.11 Å². The molecule has 0 aliphatic carbocycles. The van der Waals surface area contributed by atoms with Gasteiger partial charge in [-0.1, -0.05) is 23.2 Å². The van der Waals surface area contributed by atoms with Gasteiger partial charge in [-0.15, -0.1) is 0 Å². The van der Waals surface area contributed by atoms with Crippen molar-refractivity contribution in [1.82, 2.24) is 0 Å². The number of hydrogen-bond acceptors (Lipinski definition) is 1. The molecule has 4 heavy (non-hydrogen) atoms. The van der Waals surface area contributed by atoms with Crippen molar-refractivity contribution in [3.8, 4) is 0 Å². The maximum atomic E-state index is 7.59. The summed E-state index contributed by atoms with van der Waals surface area (Å²) in [6.45, 7) is 0. The molecule has 0 spiro atoms. The van der Waals surface area contributed by atoms with Crippen molar-refractivity contribution in [3.63, 3.8) is 0 Å². The van der Waals surface area contributed by atoms with Crippen LogP contribution < -0.4 is 0 Å². The summed E-state index contributed by atoms with van der Waals surface area (Å²) < 4.78 is 0. The maximum absolute atomic E-state index is 7.59. The highest BCUT2D eigenvalue weighted by Gasteiger charge is 1.76. The number of rotatable bonds is 0. The smallest absolute Gasteiger partial charge is 0.204 e. The molecule has 0 amide bonds. The van der Waals surface area contributed by atoms with Crippen LogP contribution in [0.4, 0.5) is 0 Å². The SMILES string of the molecule is OC(Cl)Cl. The number of hydrogen-bond donors (Lipinski definition) is 1. The molecule has 3 heteroatoms. The number of aliphatic hydroxyl groups is 1. The van der Waals surface area contributed by atoms with Crippen LogP contribution >= 0.6 is 23.2 Å². The first-order chi connectivity index (χ1) is 1.73. The van der Waals surface area contributed by atoms with Crippen molar-refractivity contribution in [2.45, 2.75) is 5.02 Å². The van der Waals surface area contributed by atoms with E-state index in [-0.39, 0.29) is 0 Å². The fraction of sp³-hybridized carbons (Fsp3) is 1.00. The lowest BCUT2D eigenvalue weighted by molar-refractivity contribution is 0.333. The molecule has 0 fully saturated rings. The lowest BCUT2D eigenvalue weighted by Crippen LogP contribution is -1.73. The zero-order valence-corrected chi connectivity index (χ0v) is 3.29. The molecule has 0 heterocycles. The second-order valence-corrected chi connectivity index (χ2v) is 1.33. The van der Waals surface area contributed by atoms with Crippen LogP contribution in [0.1, 0.15) is 0 Å². The van der Waals surface area contributed by atoms with Crippen LogP contribution in [0.25, 0.3) is 0 Å². The van der Waals surface area contributed by atoms with E-state index >= 15 is 0 Å². The molecule has 0 aromatic carbocycles. The van der Waals surface area contributed by atoms with Crippen molar-refractivity contribution in [3.05, 3.63) is 0 Å². The Morgan fingerprint density at radius 2 is 1.50 bits per heavy atom. The minimum Gasteiger partial charge on any atom is -0.365 e. The molecule has 0 atom stereocenters.